The molecular weight excluding hydrogens is 282 g/mol. The molecule has 0 saturated carbocycles. The van der Waals surface area contributed by atoms with E-state index in [4.69, 9.17) is 4.74 Å². The summed E-state index contributed by atoms with van der Waals surface area (Å²) in [6.45, 7) is 6.62. The molecule has 21 heavy (non-hydrogen) atoms. The van der Waals surface area contributed by atoms with E-state index in [0.29, 0.717) is 17.9 Å². The molecular formula is C17H21NO2S. The van der Waals surface area contributed by atoms with Crippen molar-refractivity contribution in [1.29, 1.82) is 0 Å². The Bertz CT molecular complexity index is 591. The van der Waals surface area contributed by atoms with Gasteiger partial charge in [-0.05, 0) is 49.9 Å². The van der Waals surface area contributed by atoms with Gasteiger partial charge in [0.15, 0.2) is 0 Å². The summed E-state index contributed by atoms with van der Waals surface area (Å²) < 4.78 is 5.73. The van der Waals surface area contributed by atoms with Gasteiger partial charge in [-0.15, -0.1) is 11.3 Å². The molecule has 0 unspecified atom stereocenters. The van der Waals surface area contributed by atoms with Crippen molar-refractivity contribution < 1.29 is 9.53 Å². The maximum absolute atomic E-state index is 12.2. The molecule has 0 saturated heterocycles. The Labute approximate surface area is 130 Å². The highest BCUT2D eigenvalue weighted by molar-refractivity contribution is 7.09. The van der Waals surface area contributed by atoms with Crippen molar-refractivity contribution in [3.05, 3.63) is 52.2 Å². The second-order valence-corrected chi connectivity index (χ2v) is 6.62. The van der Waals surface area contributed by atoms with Crippen molar-refractivity contribution in [3.8, 4) is 5.75 Å². The molecule has 3 nitrogen and oxygen atoms in total. The van der Waals surface area contributed by atoms with Gasteiger partial charge in [-0.3, -0.25) is 4.79 Å². The third-order valence-corrected chi connectivity index (χ3v) is 4.24. The van der Waals surface area contributed by atoms with Gasteiger partial charge in [-0.2, -0.15) is 0 Å². The molecule has 1 N–H and O–H groups in total. The van der Waals surface area contributed by atoms with Gasteiger partial charge in [0.1, 0.15) is 12.4 Å². The molecule has 0 radical (unpaired) electrons. The first-order valence-corrected chi connectivity index (χ1v) is 7.96. The first kappa shape index (κ1) is 15.6. The molecule has 0 spiro atoms. The second-order valence-electron chi connectivity index (χ2n) is 5.59. The van der Waals surface area contributed by atoms with Crippen molar-refractivity contribution in [2.24, 2.45) is 0 Å². The highest BCUT2D eigenvalue weighted by atomic mass is 32.1. The first-order valence-electron chi connectivity index (χ1n) is 7.08. The van der Waals surface area contributed by atoms with Crippen LogP contribution in [0.5, 0.6) is 5.75 Å². The summed E-state index contributed by atoms with van der Waals surface area (Å²) in [6.07, 6.45) is 0.882. The van der Waals surface area contributed by atoms with Crippen LogP contribution >= 0.6 is 11.3 Å². The van der Waals surface area contributed by atoms with Crippen molar-refractivity contribution >= 4 is 17.2 Å². The standard InChI is InChI=1S/C17H21NO2S/c1-4-17(2,3)18-16(19)13-7-5-8-14(11-13)20-12-15-9-6-10-21-15/h5-11H,4,12H2,1-3H3,(H,18,19). The Morgan fingerprint density at radius 2 is 2.10 bits per heavy atom. The van der Waals surface area contributed by atoms with E-state index in [0.717, 1.165) is 11.3 Å². The Morgan fingerprint density at radius 1 is 1.29 bits per heavy atom. The summed E-state index contributed by atoms with van der Waals surface area (Å²) in [7, 11) is 0. The topological polar surface area (TPSA) is 38.3 Å². The summed E-state index contributed by atoms with van der Waals surface area (Å²) in [5, 5.41) is 5.05. The molecule has 0 atom stereocenters. The lowest BCUT2D eigenvalue weighted by atomic mass is 10.0. The van der Waals surface area contributed by atoms with Gasteiger partial charge in [0.05, 0.1) is 0 Å². The fourth-order valence-electron chi connectivity index (χ4n) is 1.74. The summed E-state index contributed by atoms with van der Waals surface area (Å²) in [6, 6.07) is 11.3. The lowest BCUT2D eigenvalue weighted by molar-refractivity contribution is 0.0910. The second kappa shape index (κ2) is 6.76. The van der Waals surface area contributed by atoms with Crippen LogP contribution in [0.2, 0.25) is 0 Å². The number of hydrogen-bond acceptors (Lipinski definition) is 3. The Morgan fingerprint density at radius 3 is 2.76 bits per heavy atom. The molecule has 2 rings (SSSR count). The van der Waals surface area contributed by atoms with Gasteiger partial charge in [-0.25, -0.2) is 0 Å². The average molecular weight is 303 g/mol. The molecule has 0 aliphatic rings. The molecule has 0 fully saturated rings. The fourth-order valence-corrected chi connectivity index (χ4v) is 2.36. The Kier molecular flexibility index (Phi) is 5.02. The van der Waals surface area contributed by atoms with Gasteiger partial charge < -0.3 is 10.1 Å². The van der Waals surface area contributed by atoms with E-state index >= 15 is 0 Å². The number of rotatable bonds is 6. The van der Waals surface area contributed by atoms with Crippen molar-refractivity contribution in [1.82, 2.24) is 5.32 Å². The molecule has 112 valence electrons. The minimum absolute atomic E-state index is 0.0663. The zero-order valence-electron chi connectivity index (χ0n) is 12.7. The average Bonchev–Trinajstić information content (AvgIpc) is 2.98. The number of ether oxygens (including phenoxy) is 1. The number of benzene rings is 1. The smallest absolute Gasteiger partial charge is 0.251 e. The Balaban J connectivity index is 2.01. The molecule has 0 aliphatic heterocycles. The molecule has 1 aromatic heterocycles. The van der Waals surface area contributed by atoms with E-state index < -0.39 is 0 Å². The van der Waals surface area contributed by atoms with E-state index in [1.54, 1.807) is 23.5 Å². The summed E-state index contributed by atoms with van der Waals surface area (Å²) >= 11 is 1.66. The number of thiophene rings is 1. The first-order chi connectivity index (χ1) is 10.00. The van der Waals surface area contributed by atoms with Crippen LogP contribution in [-0.2, 0) is 6.61 Å². The lowest BCUT2D eigenvalue weighted by Crippen LogP contribution is -2.42. The zero-order valence-corrected chi connectivity index (χ0v) is 13.5. The molecule has 4 heteroatoms. The van der Waals surface area contributed by atoms with Crippen molar-refractivity contribution in [2.45, 2.75) is 39.3 Å². The van der Waals surface area contributed by atoms with E-state index in [1.165, 1.54) is 0 Å². The normalized spacial score (nSPS) is 11.2. The highest BCUT2D eigenvalue weighted by Gasteiger charge is 2.18. The summed E-state index contributed by atoms with van der Waals surface area (Å²) in [5.41, 5.74) is 0.422. The zero-order chi connectivity index (χ0) is 15.3. The van der Waals surface area contributed by atoms with Crippen molar-refractivity contribution in [3.63, 3.8) is 0 Å². The minimum atomic E-state index is -0.203. The Hall–Kier alpha value is -1.81. The minimum Gasteiger partial charge on any atom is -0.488 e. The molecule has 0 aliphatic carbocycles. The predicted octanol–water partition coefficient (Wildman–Crippen LogP) is 4.25. The van der Waals surface area contributed by atoms with Gasteiger partial charge in [-0.1, -0.05) is 19.1 Å². The quantitative estimate of drug-likeness (QED) is 0.866. The van der Waals surface area contributed by atoms with Crippen LogP contribution in [0.3, 0.4) is 0 Å². The van der Waals surface area contributed by atoms with E-state index in [-0.39, 0.29) is 11.4 Å². The maximum Gasteiger partial charge on any atom is 0.251 e. The van der Waals surface area contributed by atoms with Crippen LogP contribution in [0.4, 0.5) is 0 Å². The summed E-state index contributed by atoms with van der Waals surface area (Å²) in [4.78, 5) is 13.4. The van der Waals surface area contributed by atoms with Crippen molar-refractivity contribution in [2.75, 3.05) is 0 Å². The third kappa shape index (κ3) is 4.60. The molecule has 1 amide bonds. The lowest BCUT2D eigenvalue weighted by Gasteiger charge is -2.24. The molecule has 2 aromatic rings. The largest absolute Gasteiger partial charge is 0.488 e. The van der Waals surface area contributed by atoms with Gasteiger partial charge in [0.25, 0.3) is 5.91 Å². The number of amides is 1. The molecule has 1 heterocycles. The van der Waals surface area contributed by atoms with Crippen LogP contribution in [0.15, 0.2) is 41.8 Å². The van der Waals surface area contributed by atoms with E-state index in [2.05, 4.69) is 12.2 Å². The molecule has 1 aromatic carbocycles. The monoisotopic (exact) mass is 303 g/mol. The number of nitrogens with one attached hydrogen (secondary N) is 1. The van der Waals surface area contributed by atoms with E-state index in [1.807, 2.05) is 43.5 Å². The van der Waals surface area contributed by atoms with Gasteiger partial charge >= 0.3 is 0 Å². The number of carbonyl (C=O) groups is 1. The van der Waals surface area contributed by atoms with Crippen LogP contribution in [0, 0.1) is 0 Å². The SMILES string of the molecule is CCC(C)(C)NC(=O)c1cccc(OCc2cccs2)c1. The van der Waals surface area contributed by atoms with Gasteiger partial charge in [0, 0.05) is 16.0 Å². The highest BCUT2D eigenvalue weighted by Crippen LogP contribution is 2.18. The van der Waals surface area contributed by atoms with Crippen LogP contribution in [0.1, 0.15) is 42.4 Å². The maximum atomic E-state index is 12.2. The predicted molar refractivity (Wildman–Crippen MR) is 86.9 cm³/mol. The fraction of sp³-hybridized carbons (Fsp3) is 0.353. The van der Waals surface area contributed by atoms with Crippen LogP contribution in [-0.4, -0.2) is 11.4 Å². The van der Waals surface area contributed by atoms with E-state index in [9.17, 15) is 4.79 Å². The van der Waals surface area contributed by atoms with Crippen LogP contribution < -0.4 is 10.1 Å². The number of carbonyl (C=O) groups excluding carboxylic acids is 1. The molecule has 0 bridgehead atoms. The third-order valence-electron chi connectivity index (χ3n) is 3.39. The summed E-state index contributed by atoms with van der Waals surface area (Å²) in [5.74, 6) is 0.647. The van der Waals surface area contributed by atoms with Crippen LogP contribution in [0.25, 0.3) is 0 Å². The number of hydrogen-bond donors (Lipinski definition) is 1. The van der Waals surface area contributed by atoms with Gasteiger partial charge in [0.2, 0.25) is 0 Å².